The van der Waals surface area contributed by atoms with Gasteiger partial charge in [-0.2, -0.15) is 0 Å². The van der Waals surface area contributed by atoms with Crippen LogP contribution in [0.3, 0.4) is 0 Å². The lowest BCUT2D eigenvalue weighted by Crippen LogP contribution is -2.00. The van der Waals surface area contributed by atoms with Crippen LogP contribution in [0.5, 0.6) is 23.0 Å². The van der Waals surface area contributed by atoms with Crippen LogP contribution in [0.2, 0.25) is 0 Å². The summed E-state index contributed by atoms with van der Waals surface area (Å²) in [4.78, 5) is 0. The second kappa shape index (κ2) is 6.11. The molecule has 0 heterocycles. The van der Waals surface area contributed by atoms with E-state index in [1.807, 2.05) is 42.5 Å². The summed E-state index contributed by atoms with van der Waals surface area (Å²) >= 11 is 0. The minimum absolute atomic E-state index is 0.397. The molecule has 0 radical (unpaired) electrons. The van der Waals surface area contributed by atoms with Crippen molar-refractivity contribution < 1.29 is 14.2 Å². The molecule has 0 bridgehead atoms. The lowest BCUT2D eigenvalue weighted by Gasteiger charge is -2.13. The predicted molar refractivity (Wildman–Crippen MR) is 74.0 cm³/mol. The van der Waals surface area contributed by atoms with Gasteiger partial charge in [0.05, 0.1) is 14.2 Å². The zero-order valence-corrected chi connectivity index (χ0v) is 11.1. The number of hydrogen-bond acceptors (Lipinski definition) is 4. The van der Waals surface area contributed by atoms with Crippen LogP contribution in [0.15, 0.2) is 42.5 Å². The van der Waals surface area contributed by atoms with E-state index in [2.05, 4.69) is 0 Å². The number of hydrogen-bond donors (Lipinski definition) is 1. The Balaban J connectivity index is 2.36. The molecule has 2 aromatic rings. The summed E-state index contributed by atoms with van der Waals surface area (Å²) in [6.45, 7) is 0.397. The molecule has 0 saturated carbocycles. The molecule has 19 heavy (non-hydrogen) atoms. The molecule has 0 aliphatic heterocycles. The van der Waals surface area contributed by atoms with E-state index in [1.54, 1.807) is 14.2 Å². The van der Waals surface area contributed by atoms with Gasteiger partial charge in [0, 0.05) is 18.2 Å². The Morgan fingerprint density at radius 3 is 2.26 bits per heavy atom. The first-order chi connectivity index (χ1) is 9.28. The van der Waals surface area contributed by atoms with E-state index in [0.717, 1.165) is 11.3 Å². The highest BCUT2D eigenvalue weighted by atomic mass is 16.5. The van der Waals surface area contributed by atoms with Crippen molar-refractivity contribution in [2.45, 2.75) is 6.54 Å². The zero-order valence-electron chi connectivity index (χ0n) is 11.1. The van der Waals surface area contributed by atoms with Crippen LogP contribution < -0.4 is 19.9 Å². The van der Waals surface area contributed by atoms with Gasteiger partial charge in [0.25, 0.3) is 0 Å². The van der Waals surface area contributed by atoms with E-state index in [4.69, 9.17) is 19.9 Å². The molecule has 0 amide bonds. The van der Waals surface area contributed by atoms with E-state index >= 15 is 0 Å². The number of para-hydroxylation sites is 2. The highest BCUT2D eigenvalue weighted by molar-refractivity contribution is 5.47. The standard InChI is InChI=1S/C15H17NO3/c1-17-12-8-7-11(10-16)15(9-12)19-14-6-4-3-5-13(14)18-2/h3-9H,10,16H2,1-2H3. The summed E-state index contributed by atoms with van der Waals surface area (Å²) < 4.78 is 16.3. The van der Waals surface area contributed by atoms with Gasteiger partial charge >= 0.3 is 0 Å². The smallest absolute Gasteiger partial charge is 0.169 e. The van der Waals surface area contributed by atoms with E-state index in [-0.39, 0.29) is 0 Å². The average Bonchev–Trinajstić information content (AvgIpc) is 2.47. The van der Waals surface area contributed by atoms with Gasteiger partial charge in [-0.15, -0.1) is 0 Å². The SMILES string of the molecule is COc1ccc(CN)c(Oc2ccccc2OC)c1. The molecule has 2 aromatic carbocycles. The lowest BCUT2D eigenvalue weighted by molar-refractivity contribution is 0.374. The van der Waals surface area contributed by atoms with Gasteiger partial charge in [-0.05, 0) is 18.2 Å². The molecule has 0 aliphatic carbocycles. The van der Waals surface area contributed by atoms with Gasteiger partial charge in [0.2, 0.25) is 0 Å². The molecule has 4 heteroatoms. The van der Waals surface area contributed by atoms with Gasteiger partial charge in [-0.3, -0.25) is 0 Å². The molecule has 4 nitrogen and oxygen atoms in total. The van der Waals surface area contributed by atoms with Crippen molar-refractivity contribution in [1.82, 2.24) is 0 Å². The largest absolute Gasteiger partial charge is 0.497 e. The fourth-order valence-corrected chi connectivity index (χ4v) is 1.75. The maximum absolute atomic E-state index is 5.88. The summed E-state index contributed by atoms with van der Waals surface area (Å²) in [7, 11) is 3.22. The van der Waals surface area contributed by atoms with Crippen molar-refractivity contribution >= 4 is 0 Å². The molecule has 0 spiro atoms. The lowest BCUT2D eigenvalue weighted by atomic mass is 10.2. The molecule has 0 saturated heterocycles. The minimum Gasteiger partial charge on any atom is -0.497 e. The van der Waals surface area contributed by atoms with Gasteiger partial charge < -0.3 is 19.9 Å². The number of benzene rings is 2. The highest BCUT2D eigenvalue weighted by Crippen LogP contribution is 2.34. The molecule has 2 rings (SSSR count). The fourth-order valence-electron chi connectivity index (χ4n) is 1.75. The summed E-state index contributed by atoms with van der Waals surface area (Å²) in [5.41, 5.74) is 6.62. The van der Waals surface area contributed by atoms with E-state index in [9.17, 15) is 0 Å². The zero-order chi connectivity index (χ0) is 13.7. The van der Waals surface area contributed by atoms with Crippen LogP contribution in [-0.4, -0.2) is 14.2 Å². The third kappa shape index (κ3) is 2.98. The monoisotopic (exact) mass is 259 g/mol. The number of nitrogens with two attached hydrogens (primary N) is 1. The van der Waals surface area contributed by atoms with Gasteiger partial charge in [-0.25, -0.2) is 0 Å². The van der Waals surface area contributed by atoms with Crippen LogP contribution >= 0.6 is 0 Å². The second-order valence-electron chi connectivity index (χ2n) is 3.93. The molecular formula is C15H17NO3. The van der Waals surface area contributed by atoms with Gasteiger partial charge in [0.1, 0.15) is 11.5 Å². The van der Waals surface area contributed by atoms with Crippen LogP contribution in [0.25, 0.3) is 0 Å². The van der Waals surface area contributed by atoms with Crippen LogP contribution in [0.1, 0.15) is 5.56 Å². The quantitative estimate of drug-likeness (QED) is 0.897. The molecule has 100 valence electrons. The first-order valence-electron chi connectivity index (χ1n) is 5.96. The van der Waals surface area contributed by atoms with Crippen molar-refractivity contribution in [2.75, 3.05) is 14.2 Å². The third-order valence-corrected chi connectivity index (χ3v) is 2.78. The van der Waals surface area contributed by atoms with Crippen LogP contribution in [0, 0.1) is 0 Å². The van der Waals surface area contributed by atoms with Crippen molar-refractivity contribution in [3.63, 3.8) is 0 Å². The third-order valence-electron chi connectivity index (χ3n) is 2.78. The first kappa shape index (κ1) is 13.2. The molecule has 0 fully saturated rings. The summed E-state index contributed by atoms with van der Waals surface area (Å²) in [5, 5.41) is 0. The Hall–Kier alpha value is -2.20. The van der Waals surface area contributed by atoms with Gasteiger partial charge in [-0.1, -0.05) is 18.2 Å². The summed E-state index contributed by atoms with van der Waals surface area (Å²) in [6, 6.07) is 13.0. The Morgan fingerprint density at radius 2 is 1.63 bits per heavy atom. The predicted octanol–water partition coefficient (Wildman–Crippen LogP) is 2.95. The average molecular weight is 259 g/mol. The van der Waals surface area contributed by atoms with Crippen molar-refractivity contribution in [1.29, 1.82) is 0 Å². The van der Waals surface area contributed by atoms with E-state index in [0.29, 0.717) is 23.8 Å². The Kier molecular flexibility index (Phi) is 4.26. The van der Waals surface area contributed by atoms with Crippen molar-refractivity contribution in [2.24, 2.45) is 5.73 Å². The minimum atomic E-state index is 0.397. The fraction of sp³-hybridized carbons (Fsp3) is 0.200. The van der Waals surface area contributed by atoms with Crippen LogP contribution in [0.4, 0.5) is 0 Å². The maximum atomic E-state index is 5.88. The van der Waals surface area contributed by atoms with Crippen molar-refractivity contribution in [3.8, 4) is 23.0 Å². The molecule has 0 atom stereocenters. The summed E-state index contributed by atoms with van der Waals surface area (Å²) in [6.07, 6.45) is 0. The Labute approximate surface area is 112 Å². The number of rotatable bonds is 5. The molecule has 0 unspecified atom stereocenters. The molecule has 0 aromatic heterocycles. The Morgan fingerprint density at radius 1 is 0.895 bits per heavy atom. The topological polar surface area (TPSA) is 53.7 Å². The van der Waals surface area contributed by atoms with Crippen molar-refractivity contribution in [3.05, 3.63) is 48.0 Å². The molecule has 0 aliphatic rings. The molecular weight excluding hydrogens is 242 g/mol. The molecule has 2 N–H and O–H groups in total. The first-order valence-corrected chi connectivity index (χ1v) is 5.96. The van der Waals surface area contributed by atoms with E-state index in [1.165, 1.54) is 0 Å². The second-order valence-corrected chi connectivity index (χ2v) is 3.93. The van der Waals surface area contributed by atoms with Gasteiger partial charge in [0.15, 0.2) is 11.5 Å². The van der Waals surface area contributed by atoms with E-state index < -0.39 is 0 Å². The number of ether oxygens (including phenoxy) is 3. The number of methoxy groups -OCH3 is 2. The Bertz CT molecular complexity index is 555. The maximum Gasteiger partial charge on any atom is 0.169 e. The highest BCUT2D eigenvalue weighted by Gasteiger charge is 2.09. The van der Waals surface area contributed by atoms with Crippen LogP contribution in [-0.2, 0) is 6.54 Å². The normalized spacial score (nSPS) is 10.1. The summed E-state index contributed by atoms with van der Waals surface area (Å²) in [5.74, 6) is 2.72.